The summed E-state index contributed by atoms with van der Waals surface area (Å²) in [7, 11) is 1.44. The van der Waals surface area contributed by atoms with Crippen LogP contribution in [-0.4, -0.2) is 23.0 Å². The minimum atomic E-state index is -3.79. The summed E-state index contributed by atoms with van der Waals surface area (Å²) in [6, 6.07) is 11.7. The molecule has 5 nitrogen and oxygen atoms in total. The highest BCUT2D eigenvalue weighted by Crippen LogP contribution is 2.14. The van der Waals surface area contributed by atoms with E-state index in [4.69, 9.17) is 10.7 Å². The van der Waals surface area contributed by atoms with Gasteiger partial charge in [-0.15, -0.1) is 0 Å². The largest absolute Gasteiger partial charge is 0.330 e. The molecule has 3 rings (SSSR count). The molecule has 0 radical (unpaired) electrons. The molecule has 0 saturated heterocycles. The number of hydrogen-bond acceptors (Lipinski definition) is 4. The van der Waals surface area contributed by atoms with Crippen LogP contribution < -0.4 is 0 Å². The lowest BCUT2D eigenvalue weighted by Gasteiger charge is -2.03. The summed E-state index contributed by atoms with van der Waals surface area (Å²) in [5.74, 6) is 0. The third-order valence-electron chi connectivity index (χ3n) is 2.86. The molecule has 0 unspecified atom stereocenters. The minimum absolute atomic E-state index is 0.153. The number of rotatable bonds is 3. The predicted octanol–water partition coefficient (Wildman–Crippen LogP) is 2.41. The zero-order chi connectivity index (χ0) is 14.2. The first-order chi connectivity index (χ1) is 9.52. The van der Waals surface area contributed by atoms with Gasteiger partial charge in [-0.3, -0.25) is 4.98 Å². The molecule has 0 atom stereocenters. The van der Waals surface area contributed by atoms with Gasteiger partial charge in [-0.2, -0.15) is 0 Å². The molecule has 0 aliphatic rings. The van der Waals surface area contributed by atoms with Crippen molar-refractivity contribution in [3.63, 3.8) is 0 Å². The topological polar surface area (TPSA) is 64.8 Å². The lowest BCUT2D eigenvalue weighted by Crippen LogP contribution is -1.99. The first kappa shape index (κ1) is 13.1. The Morgan fingerprint density at radius 2 is 1.95 bits per heavy atom. The second kappa shape index (κ2) is 4.88. The summed E-state index contributed by atoms with van der Waals surface area (Å²) in [5.41, 5.74) is 1.72. The van der Waals surface area contributed by atoms with Gasteiger partial charge in [0, 0.05) is 22.3 Å². The Morgan fingerprint density at radius 1 is 1.15 bits per heavy atom. The van der Waals surface area contributed by atoms with Crippen LogP contribution >= 0.6 is 10.7 Å². The third kappa shape index (κ3) is 2.66. The zero-order valence-electron chi connectivity index (χ0n) is 10.3. The molecule has 0 aliphatic heterocycles. The predicted molar refractivity (Wildman–Crippen MR) is 76.1 cm³/mol. The Morgan fingerprint density at radius 3 is 2.70 bits per heavy atom. The van der Waals surface area contributed by atoms with Gasteiger partial charge in [0.15, 0.2) is 5.03 Å². The van der Waals surface area contributed by atoms with E-state index >= 15 is 0 Å². The number of aromatic nitrogens is 3. The molecule has 0 spiro atoms. The van der Waals surface area contributed by atoms with Gasteiger partial charge in [0.2, 0.25) is 0 Å². The van der Waals surface area contributed by atoms with Crippen molar-refractivity contribution in [1.29, 1.82) is 0 Å². The van der Waals surface area contributed by atoms with Crippen molar-refractivity contribution in [3.05, 3.63) is 54.6 Å². The summed E-state index contributed by atoms with van der Waals surface area (Å²) >= 11 is 0. The van der Waals surface area contributed by atoms with E-state index in [1.807, 2.05) is 36.4 Å². The van der Waals surface area contributed by atoms with Crippen LogP contribution in [0.5, 0.6) is 0 Å². The molecule has 1 aromatic carbocycles. The number of pyridine rings is 1. The monoisotopic (exact) mass is 307 g/mol. The maximum absolute atomic E-state index is 11.1. The summed E-state index contributed by atoms with van der Waals surface area (Å²) in [6.07, 6.45) is 2.81. The summed E-state index contributed by atoms with van der Waals surface area (Å²) in [4.78, 5) is 8.27. The molecule has 0 bridgehead atoms. The molecule has 0 N–H and O–H groups in total. The van der Waals surface area contributed by atoms with Crippen molar-refractivity contribution < 1.29 is 8.42 Å². The lowest BCUT2D eigenvalue weighted by atomic mass is 10.2. The van der Waals surface area contributed by atoms with Crippen molar-refractivity contribution in [2.45, 2.75) is 11.6 Å². The Labute approximate surface area is 120 Å². The molecule has 0 fully saturated rings. The number of hydrogen-bond donors (Lipinski definition) is 0. The molecule has 0 amide bonds. The van der Waals surface area contributed by atoms with Crippen LogP contribution in [0.1, 0.15) is 5.69 Å². The summed E-state index contributed by atoms with van der Waals surface area (Å²) in [6.45, 7) is 0.435. The first-order valence-electron chi connectivity index (χ1n) is 5.83. The van der Waals surface area contributed by atoms with E-state index in [1.54, 1.807) is 4.57 Å². The van der Waals surface area contributed by atoms with Gasteiger partial charge in [-0.25, -0.2) is 13.4 Å². The fourth-order valence-electron chi connectivity index (χ4n) is 1.94. The van der Waals surface area contributed by atoms with Crippen molar-refractivity contribution in [2.24, 2.45) is 0 Å². The molecular weight excluding hydrogens is 298 g/mol. The molecule has 102 valence electrons. The van der Waals surface area contributed by atoms with E-state index in [0.717, 1.165) is 16.6 Å². The average Bonchev–Trinajstić information content (AvgIpc) is 2.87. The number of halogens is 1. The molecule has 0 saturated carbocycles. The number of nitrogens with zero attached hydrogens (tertiary/aromatic N) is 3. The molecule has 2 aromatic heterocycles. The Kier molecular flexibility index (Phi) is 3.19. The van der Waals surface area contributed by atoms with Crippen molar-refractivity contribution in [2.75, 3.05) is 0 Å². The lowest BCUT2D eigenvalue weighted by molar-refractivity contribution is 0.606. The highest BCUT2D eigenvalue weighted by molar-refractivity contribution is 8.13. The second-order valence-electron chi connectivity index (χ2n) is 4.32. The van der Waals surface area contributed by atoms with Crippen molar-refractivity contribution in [3.8, 4) is 0 Å². The first-order valence-corrected chi connectivity index (χ1v) is 8.14. The van der Waals surface area contributed by atoms with E-state index in [9.17, 15) is 8.42 Å². The van der Waals surface area contributed by atoms with E-state index in [0.29, 0.717) is 6.54 Å². The van der Waals surface area contributed by atoms with Crippen LogP contribution in [-0.2, 0) is 15.6 Å². The minimum Gasteiger partial charge on any atom is -0.330 e. The van der Waals surface area contributed by atoms with Crippen LogP contribution in [0.25, 0.3) is 10.9 Å². The van der Waals surface area contributed by atoms with E-state index in [2.05, 4.69) is 9.97 Å². The van der Waals surface area contributed by atoms with Gasteiger partial charge < -0.3 is 4.57 Å². The SMILES string of the molecule is O=S(=O)(Cl)c1cn(Cc2ccc3ccccc3n2)cn1. The highest BCUT2D eigenvalue weighted by atomic mass is 35.7. The van der Waals surface area contributed by atoms with Crippen LogP contribution in [0.2, 0.25) is 0 Å². The number of benzene rings is 1. The van der Waals surface area contributed by atoms with E-state index < -0.39 is 9.05 Å². The number of imidazole rings is 1. The van der Waals surface area contributed by atoms with Crippen LogP contribution in [0, 0.1) is 0 Å². The highest BCUT2D eigenvalue weighted by Gasteiger charge is 2.13. The van der Waals surface area contributed by atoms with E-state index in [-0.39, 0.29) is 5.03 Å². The van der Waals surface area contributed by atoms with Crippen molar-refractivity contribution >= 4 is 30.6 Å². The summed E-state index contributed by atoms with van der Waals surface area (Å²) < 4.78 is 23.9. The van der Waals surface area contributed by atoms with Crippen LogP contribution in [0.3, 0.4) is 0 Å². The Balaban J connectivity index is 1.91. The quantitative estimate of drug-likeness (QED) is 0.697. The standard InChI is InChI=1S/C13H10ClN3O2S/c14-20(18,19)13-8-17(9-15-13)7-11-6-5-10-3-1-2-4-12(10)16-11/h1-6,8-9H,7H2. The van der Waals surface area contributed by atoms with Gasteiger partial charge in [-0.1, -0.05) is 24.3 Å². The maximum Gasteiger partial charge on any atom is 0.280 e. The van der Waals surface area contributed by atoms with Crippen molar-refractivity contribution in [1.82, 2.24) is 14.5 Å². The van der Waals surface area contributed by atoms with Gasteiger partial charge in [0.25, 0.3) is 9.05 Å². The van der Waals surface area contributed by atoms with Gasteiger partial charge in [0.1, 0.15) is 0 Å². The molecule has 0 aliphatic carbocycles. The van der Waals surface area contributed by atoms with Crippen LogP contribution in [0.4, 0.5) is 0 Å². The Bertz CT molecular complexity index is 874. The van der Waals surface area contributed by atoms with Gasteiger partial charge in [-0.05, 0) is 12.1 Å². The van der Waals surface area contributed by atoms with E-state index in [1.165, 1.54) is 12.5 Å². The second-order valence-corrected chi connectivity index (χ2v) is 6.83. The third-order valence-corrected chi connectivity index (χ3v) is 4.04. The molecule has 20 heavy (non-hydrogen) atoms. The number of fused-ring (bicyclic) bond motifs is 1. The zero-order valence-corrected chi connectivity index (χ0v) is 11.8. The molecule has 3 aromatic rings. The van der Waals surface area contributed by atoms with Crippen LogP contribution in [0.15, 0.2) is 53.9 Å². The number of para-hydroxylation sites is 1. The molecule has 2 heterocycles. The normalized spacial score (nSPS) is 11.8. The average molecular weight is 308 g/mol. The Hall–Kier alpha value is -1.92. The summed E-state index contributed by atoms with van der Waals surface area (Å²) in [5, 5.41) is 0.908. The van der Waals surface area contributed by atoms with Gasteiger partial charge >= 0.3 is 0 Å². The fourth-order valence-corrected chi connectivity index (χ4v) is 2.61. The van der Waals surface area contributed by atoms with Gasteiger partial charge in [0.05, 0.1) is 24.1 Å². The fraction of sp³-hybridized carbons (Fsp3) is 0.0769. The maximum atomic E-state index is 11.1. The molecular formula is C13H10ClN3O2S. The smallest absolute Gasteiger partial charge is 0.280 e. The molecule has 7 heteroatoms.